The first kappa shape index (κ1) is 15.6. The summed E-state index contributed by atoms with van der Waals surface area (Å²) in [6, 6.07) is 13.9. The number of anilines is 1. The van der Waals surface area contributed by atoms with Gasteiger partial charge in [-0.05, 0) is 34.9 Å². The second-order valence-corrected chi connectivity index (χ2v) is 7.41. The van der Waals surface area contributed by atoms with Crippen LogP contribution in [0.5, 0.6) is 11.5 Å². The van der Waals surface area contributed by atoms with Crippen molar-refractivity contribution in [2.45, 2.75) is 18.4 Å². The van der Waals surface area contributed by atoms with Crippen LogP contribution < -0.4 is 14.4 Å². The lowest BCUT2D eigenvalue weighted by atomic mass is 9.76. The van der Waals surface area contributed by atoms with E-state index in [0.717, 1.165) is 45.9 Å². The van der Waals surface area contributed by atoms with Gasteiger partial charge in [0, 0.05) is 29.9 Å². The van der Waals surface area contributed by atoms with Crippen LogP contribution in [0.4, 0.5) is 5.69 Å². The van der Waals surface area contributed by atoms with Gasteiger partial charge in [0.1, 0.15) is 23.5 Å². The minimum Gasteiger partial charge on any atom is -0.493 e. The van der Waals surface area contributed by atoms with Gasteiger partial charge in [0.05, 0.1) is 19.3 Å². The topological polar surface area (TPSA) is 64.6 Å². The van der Waals surface area contributed by atoms with E-state index in [0.29, 0.717) is 19.8 Å². The quantitative estimate of drug-likeness (QED) is 0.693. The van der Waals surface area contributed by atoms with Crippen molar-refractivity contribution in [1.29, 1.82) is 0 Å². The van der Waals surface area contributed by atoms with Crippen molar-refractivity contribution in [3.05, 3.63) is 77.1 Å². The Morgan fingerprint density at radius 1 is 1.04 bits per heavy atom. The van der Waals surface area contributed by atoms with Crippen molar-refractivity contribution < 1.29 is 14.3 Å². The summed E-state index contributed by atoms with van der Waals surface area (Å²) in [4.78, 5) is 15.7. The average Bonchev–Trinajstić information content (AvgIpc) is 3.40. The van der Waals surface area contributed by atoms with Gasteiger partial charge in [-0.2, -0.15) is 10.2 Å². The van der Waals surface area contributed by atoms with Crippen LogP contribution in [0.3, 0.4) is 0 Å². The molecule has 1 atom stereocenters. The molecule has 3 aliphatic heterocycles. The fourth-order valence-electron chi connectivity index (χ4n) is 4.60. The zero-order valence-electron chi connectivity index (χ0n) is 15.1. The first-order valence-corrected chi connectivity index (χ1v) is 9.37. The maximum Gasteiger partial charge on any atom is 0.246 e. The van der Waals surface area contributed by atoms with E-state index >= 15 is 0 Å². The van der Waals surface area contributed by atoms with Crippen LogP contribution in [0.2, 0.25) is 0 Å². The summed E-state index contributed by atoms with van der Waals surface area (Å²) < 4.78 is 11.7. The van der Waals surface area contributed by atoms with Gasteiger partial charge in [0.15, 0.2) is 0 Å². The fraction of sp³-hybridized carbons (Fsp3) is 0.227. The number of aromatic nitrogens is 2. The van der Waals surface area contributed by atoms with Gasteiger partial charge in [0.25, 0.3) is 0 Å². The van der Waals surface area contributed by atoms with Crippen LogP contribution in [0.1, 0.15) is 22.3 Å². The molecule has 28 heavy (non-hydrogen) atoms. The molecule has 138 valence electrons. The molecule has 0 saturated carbocycles. The van der Waals surface area contributed by atoms with E-state index in [1.54, 1.807) is 12.4 Å². The number of hydrogen-bond acceptors (Lipinski definition) is 5. The molecule has 6 nitrogen and oxygen atoms in total. The fourth-order valence-corrected chi connectivity index (χ4v) is 4.60. The highest BCUT2D eigenvalue weighted by molar-refractivity contribution is 6.11. The number of nitrogens with zero attached hydrogens (tertiary/aromatic N) is 3. The Bertz CT molecular complexity index is 1120. The van der Waals surface area contributed by atoms with E-state index in [2.05, 4.69) is 16.3 Å². The summed E-state index contributed by atoms with van der Waals surface area (Å²) in [6.45, 7) is 1.44. The van der Waals surface area contributed by atoms with E-state index in [4.69, 9.17) is 9.47 Å². The van der Waals surface area contributed by atoms with Crippen molar-refractivity contribution in [1.82, 2.24) is 10.2 Å². The number of ether oxygens (including phenoxy) is 2. The molecule has 6 rings (SSSR count). The van der Waals surface area contributed by atoms with Gasteiger partial charge in [-0.15, -0.1) is 0 Å². The molecule has 3 aromatic rings. The molecule has 1 aromatic heterocycles. The summed E-state index contributed by atoms with van der Waals surface area (Å²) in [5, 5.41) is 7.78. The predicted molar refractivity (Wildman–Crippen MR) is 102 cm³/mol. The Balaban J connectivity index is 1.52. The normalized spacial score (nSPS) is 21.3. The number of amides is 1. The lowest BCUT2D eigenvalue weighted by Crippen LogP contribution is -2.42. The molecule has 0 bridgehead atoms. The highest BCUT2D eigenvalue weighted by atomic mass is 16.5. The summed E-state index contributed by atoms with van der Waals surface area (Å²) >= 11 is 0. The summed E-state index contributed by atoms with van der Waals surface area (Å²) in [5.74, 6) is 1.66. The number of carbonyl (C=O) groups is 1. The average molecular weight is 371 g/mol. The summed E-state index contributed by atoms with van der Waals surface area (Å²) in [6.07, 6.45) is 4.21. The molecule has 0 radical (unpaired) electrons. The number of fused-ring (bicyclic) bond motifs is 5. The molecule has 1 unspecified atom stereocenters. The Kier molecular flexibility index (Phi) is 3.10. The zero-order valence-corrected chi connectivity index (χ0v) is 15.1. The molecule has 1 amide bonds. The summed E-state index contributed by atoms with van der Waals surface area (Å²) in [7, 11) is 0. The molecule has 0 N–H and O–H groups in total. The molecule has 0 fully saturated rings. The second kappa shape index (κ2) is 5.55. The van der Waals surface area contributed by atoms with E-state index in [-0.39, 0.29) is 5.91 Å². The smallest absolute Gasteiger partial charge is 0.246 e. The van der Waals surface area contributed by atoms with Crippen LogP contribution in [0.15, 0.2) is 54.9 Å². The number of rotatable bonds is 2. The van der Waals surface area contributed by atoms with Gasteiger partial charge >= 0.3 is 0 Å². The molecular weight excluding hydrogens is 354 g/mol. The van der Waals surface area contributed by atoms with Gasteiger partial charge in [-0.1, -0.05) is 18.2 Å². The zero-order chi connectivity index (χ0) is 18.7. The maximum atomic E-state index is 13.8. The van der Waals surface area contributed by atoms with Crippen LogP contribution >= 0.6 is 0 Å². The lowest BCUT2D eigenvalue weighted by Gasteiger charge is -2.23. The van der Waals surface area contributed by atoms with Gasteiger partial charge < -0.3 is 14.4 Å². The Morgan fingerprint density at radius 3 is 2.86 bits per heavy atom. The highest BCUT2D eigenvalue weighted by Crippen LogP contribution is 2.54. The van der Waals surface area contributed by atoms with Gasteiger partial charge in [-0.3, -0.25) is 4.79 Å². The maximum absolute atomic E-state index is 13.8. The largest absolute Gasteiger partial charge is 0.493 e. The first-order valence-electron chi connectivity index (χ1n) is 9.37. The molecule has 1 spiro atoms. The number of hydrogen-bond donors (Lipinski definition) is 0. The predicted octanol–water partition coefficient (Wildman–Crippen LogP) is 2.64. The third-order valence-electron chi connectivity index (χ3n) is 5.95. The Morgan fingerprint density at radius 2 is 1.96 bits per heavy atom. The van der Waals surface area contributed by atoms with Crippen LogP contribution in [0, 0.1) is 0 Å². The summed E-state index contributed by atoms with van der Waals surface area (Å²) in [5.41, 5.74) is 4.16. The van der Waals surface area contributed by atoms with Crippen molar-refractivity contribution in [3.63, 3.8) is 0 Å². The van der Waals surface area contributed by atoms with Crippen molar-refractivity contribution in [2.75, 3.05) is 18.1 Å². The van der Waals surface area contributed by atoms with Crippen LogP contribution in [0.25, 0.3) is 0 Å². The van der Waals surface area contributed by atoms with Crippen LogP contribution in [-0.4, -0.2) is 29.3 Å². The molecule has 4 heterocycles. The Labute approximate surface area is 161 Å². The van der Waals surface area contributed by atoms with E-state index in [9.17, 15) is 4.79 Å². The van der Waals surface area contributed by atoms with Gasteiger partial charge in [0.2, 0.25) is 5.91 Å². The van der Waals surface area contributed by atoms with Gasteiger partial charge in [-0.25, -0.2) is 0 Å². The standard InChI is InChI=1S/C22H17N3O3/c26-21-22(13-28-20-10-19-15(6-8-27-19)9-17(20)22)16-3-1-2-4-18(16)25(21)12-14-5-7-23-24-11-14/h1-5,7,9-11H,6,8,12-13H2. The third kappa shape index (κ3) is 1.94. The van der Waals surface area contributed by atoms with E-state index < -0.39 is 5.41 Å². The molecule has 0 saturated heterocycles. The first-order chi connectivity index (χ1) is 13.8. The minimum absolute atomic E-state index is 0.0446. The Hall–Kier alpha value is -3.41. The number of benzene rings is 2. The molecule has 3 aliphatic rings. The highest BCUT2D eigenvalue weighted by Gasteiger charge is 2.57. The van der Waals surface area contributed by atoms with Crippen molar-refractivity contribution in [2.24, 2.45) is 0 Å². The number of para-hydroxylation sites is 1. The van der Waals surface area contributed by atoms with Crippen molar-refractivity contribution in [3.8, 4) is 11.5 Å². The SMILES string of the molecule is O=C1N(Cc2ccnnc2)c2ccccc2C12COc1cc3c(cc12)CCO3. The monoisotopic (exact) mass is 371 g/mol. The third-order valence-corrected chi connectivity index (χ3v) is 5.95. The molecule has 0 aliphatic carbocycles. The van der Waals surface area contributed by atoms with Crippen molar-refractivity contribution >= 4 is 11.6 Å². The number of carbonyl (C=O) groups excluding carboxylic acids is 1. The minimum atomic E-state index is -0.802. The van der Waals surface area contributed by atoms with Crippen LogP contribution in [-0.2, 0) is 23.2 Å². The molecular formula is C22H17N3O3. The molecule has 6 heteroatoms. The lowest BCUT2D eigenvalue weighted by molar-refractivity contribution is -0.122. The van der Waals surface area contributed by atoms with E-state index in [1.807, 2.05) is 41.3 Å². The van der Waals surface area contributed by atoms with E-state index in [1.165, 1.54) is 0 Å². The molecule has 2 aromatic carbocycles. The second-order valence-electron chi connectivity index (χ2n) is 7.41.